The highest BCUT2D eigenvalue weighted by Gasteiger charge is 2.73. The first-order valence-corrected chi connectivity index (χ1v) is 20.4. The first-order valence-electron chi connectivity index (χ1n) is 20.4. The second kappa shape index (κ2) is 14.4. The van der Waals surface area contributed by atoms with Crippen LogP contribution in [-0.4, -0.2) is 109 Å². The van der Waals surface area contributed by atoms with Gasteiger partial charge in [-0.15, -0.1) is 0 Å². The summed E-state index contributed by atoms with van der Waals surface area (Å²) in [6.45, 7) is 9.99. The molecule has 3 saturated carbocycles. The zero-order valence-corrected chi connectivity index (χ0v) is 32.6. The second-order valence-electron chi connectivity index (χ2n) is 18.7. The van der Waals surface area contributed by atoms with Gasteiger partial charge in [-0.25, -0.2) is 0 Å². The molecule has 12 nitrogen and oxygen atoms in total. The minimum atomic E-state index is -1.65. The number of aliphatic hydroxyl groups excluding tert-OH is 5. The average molecular weight is 756 g/mol. The Hall–Kier alpha value is -2.13. The number of nitrogens with one attached hydrogen (secondary N) is 2. The monoisotopic (exact) mass is 755 g/mol. The molecular weight excluding hydrogens is 690 g/mol. The van der Waals surface area contributed by atoms with Crippen molar-refractivity contribution in [3.8, 4) is 0 Å². The van der Waals surface area contributed by atoms with Crippen LogP contribution in [0.2, 0.25) is 0 Å². The van der Waals surface area contributed by atoms with Crippen LogP contribution in [0.1, 0.15) is 86.0 Å². The number of allylic oxidation sites excluding steroid dienone is 6. The van der Waals surface area contributed by atoms with E-state index in [1.807, 2.05) is 26.0 Å². The number of ether oxygens (including phenoxy) is 1. The van der Waals surface area contributed by atoms with E-state index in [2.05, 4.69) is 29.7 Å². The Labute approximate surface area is 319 Å². The van der Waals surface area contributed by atoms with E-state index in [4.69, 9.17) is 10.5 Å². The molecule has 54 heavy (non-hydrogen) atoms. The molecule has 0 aromatic rings. The number of carbonyl (C=O) groups is 1. The summed E-state index contributed by atoms with van der Waals surface area (Å²) in [4.78, 5) is 15.2. The van der Waals surface area contributed by atoms with E-state index in [-0.39, 0.29) is 73.7 Å². The van der Waals surface area contributed by atoms with Crippen LogP contribution < -0.4 is 16.4 Å². The van der Waals surface area contributed by atoms with Gasteiger partial charge in [0.25, 0.3) is 0 Å². The van der Waals surface area contributed by atoms with E-state index in [0.29, 0.717) is 44.3 Å². The Balaban J connectivity index is 1.41. The first-order chi connectivity index (χ1) is 25.4. The van der Waals surface area contributed by atoms with Gasteiger partial charge in [0.15, 0.2) is 5.78 Å². The maximum absolute atomic E-state index is 15.2. The van der Waals surface area contributed by atoms with Crippen LogP contribution in [0.5, 0.6) is 0 Å². The fourth-order valence-corrected chi connectivity index (χ4v) is 12.6. The van der Waals surface area contributed by atoms with Crippen molar-refractivity contribution in [2.24, 2.45) is 58.0 Å². The van der Waals surface area contributed by atoms with Gasteiger partial charge in [-0.3, -0.25) is 4.79 Å². The number of hydrogen-bond donors (Lipinski definition) is 10. The van der Waals surface area contributed by atoms with E-state index in [0.717, 1.165) is 11.3 Å². The summed E-state index contributed by atoms with van der Waals surface area (Å²) in [5, 5.41) is 87.5. The molecule has 0 amide bonds. The maximum atomic E-state index is 15.2. The topological polar surface area (TPSA) is 218 Å². The van der Waals surface area contributed by atoms with Gasteiger partial charge in [-0.1, -0.05) is 39.0 Å². The Morgan fingerprint density at radius 1 is 1.13 bits per heavy atom. The van der Waals surface area contributed by atoms with Crippen molar-refractivity contribution >= 4 is 5.78 Å². The highest BCUT2D eigenvalue weighted by atomic mass is 16.5. The highest BCUT2D eigenvalue weighted by Crippen LogP contribution is 2.72. The van der Waals surface area contributed by atoms with Crippen LogP contribution in [0.3, 0.4) is 0 Å². The van der Waals surface area contributed by atoms with Crippen LogP contribution in [0.4, 0.5) is 0 Å². The summed E-state index contributed by atoms with van der Waals surface area (Å²) < 4.78 is 6.07. The zero-order valence-electron chi connectivity index (χ0n) is 32.6. The van der Waals surface area contributed by atoms with Crippen molar-refractivity contribution in [1.82, 2.24) is 10.6 Å². The van der Waals surface area contributed by atoms with Gasteiger partial charge in [-0.2, -0.15) is 0 Å². The van der Waals surface area contributed by atoms with Gasteiger partial charge in [0.05, 0.1) is 47.5 Å². The van der Waals surface area contributed by atoms with Crippen molar-refractivity contribution < 1.29 is 45.3 Å². The quantitative estimate of drug-likeness (QED) is 0.144. The number of Topliss-reactive ketones (excluding diaryl/α,β-unsaturated/α-hetero) is 1. The first kappa shape index (κ1) is 40.1. The Morgan fingerprint density at radius 2 is 1.87 bits per heavy atom. The normalized spacial score (nSPS) is 46.6. The largest absolute Gasteiger partial charge is 0.396 e. The molecule has 0 aromatic carbocycles. The molecule has 11 N–H and O–H groups in total. The van der Waals surface area contributed by atoms with Gasteiger partial charge in [0.1, 0.15) is 6.10 Å². The molecule has 7 rings (SSSR count). The number of rotatable bonds is 10. The highest BCUT2D eigenvalue weighted by molar-refractivity contribution is 6.00. The molecule has 0 bridgehead atoms. The predicted molar refractivity (Wildman–Crippen MR) is 202 cm³/mol. The molecule has 17 unspecified atom stereocenters. The van der Waals surface area contributed by atoms with E-state index in [9.17, 15) is 35.7 Å². The van der Waals surface area contributed by atoms with Crippen LogP contribution in [0, 0.1) is 52.3 Å². The van der Waals surface area contributed by atoms with E-state index < -0.39 is 70.3 Å². The fraction of sp³-hybridized carbons (Fsp3) is 0.786. The van der Waals surface area contributed by atoms with Crippen molar-refractivity contribution in [3.63, 3.8) is 0 Å². The van der Waals surface area contributed by atoms with E-state index in [1.165, 1.54) is 0 Å². The van der Waals surface area contributed by atoms with Crippen LogP contribution in [0.25, 0.3) is 0 Å². The molecule has 1 saturated heterocycles. The number of fused-ring (bicyclic) bond motifs is 2. The third-order valence-corrected chi connectivity index (χ3v) is 15.5. The number of aliphatic hydroxyl groups is 7. The fourth-order valence-electron chi connectivity index (χ4n) is 12.6. The van der Waals surface area contributed by atoms with Crippen LogP contribution >= 0.6 is 0 Å². The minimum absolute atomic E-state index is 0.0185. The van der Waals surface area contributed by atoms with Gasteiger partial charge >= 0.3 is 0 Å². The van der Waals surface area contributed by atoms with Gasteiger partial charge in [-0.05, 0) is 117 Å². The minimum Gasteiger partial charge on any atom is -0.396 e. The lowest BCUT2D eigenvalue weighted by molar-refractivity contribution is -0.201. The Morgan fingerprint density at radius 3 is 2.54 bits per heavy atom. The third-order valence-electron chi connectivity index (χ3n) is 15.5. The molecule has 0 aromatic heterocycles. The van der Waals surface area contributed by atoms with Gasteiger partial charge < -0.3 is 56.8 Å². The number of hydrogen-bond acceptors (Lipinski definition) is 12. The SMILES string of the molecule is CC(O)CNC1=C2C3C(C=CC(C4=C(CCCO)NC(N)C=C4)CC34CC(O)C(O)CC4C1=O)CC1(C)C(C(C)(O)C(O)C3OCC(C)C3C)CCC21O. The summed E-state index contributed by atoms with van der Waals surface area (Å²) >= 11 is 0. The second-order valence-corrected chi connectivity index (χ2v) is 18.7. The van der Waals surface area contributed by atoms with Gasteiger partial charge in [0, 0.05) is 42.7 Å². The molecule has 2 aliphatic heterocycles. The number of carbonyl (C=O) groups excluding carboxylic acids is 1. The van der Waals surface area contributed by atoms with Crippen LogP contribution in [-0.2, 0) is 9.53 Å². The Bertz CT molecular complexity index is 1590. The molecule has 1 spiro atoms. The predicted octanol–water partition coefficient (Wildman–Crippen LogP) is 1.53. The summed E-state index contributed by atoms with van der Waals surface area (Å²) in [6, 6.07) is 0. The summed E-state index contributed by atoms with van der Waals surface area (Å²) in [7, 11) is 0. The molecule has 5 aliphatic carbocycles. The Kier molecular flexibility index (Phi) is 10.7. The number of nitrogens with two attached hydrogens (primary N) is 1. The average Bonchev–Trinajstić information content (AvgIpc) is 3.54. The lowest BCUT2D eigenvalue weighted by Gasteiger charge is -2.64. The van der Waals surface area contributed by atoms with Crippen LogP contribution in [0.15, 0.2) is 46.8 Å². The zero-order chi connectivity index (χ0) is 39.1. The van der Waals surface area contributed by atoms with E-state index in [1.54, 1.807) is 13.8 Å². The summed E-state index contributed by atoms with van der Waals surface area (Å²) in [5.41, 5.74) is 3.97. The van der Waals surface area contributed by atoms with Gasteiger partial charge in [0.2, 0.25) is 0 Å². The lowest BCUT2D eigenvalue weighted by atomic mass is 9.41. The van der Waals surface area contributed by atoms with Crippen molar-refractivity contribution in [2.75, 3.05) is 19.8 Å². The lowest BCUT2D eigenvalue weighted by Crippen LogP contribution is -2.67. The molecule has 12 heteroatoms. The van der Waals surface area contributed by atoms with E-state index >= 15 is 4.79 Å². The third kappa shape index (κ3) is 6.09. The summed E-state index contributed by atoms with van der Waals surface area (Å²) in [6.07, 6.45) is 6.09. The summed E-state index contributed by atoms with van der Waals surface area (Å²) in [5.74, 6) is -2.10. The van der Waals surface area contributed by atoms with Crippen molar-refractivity contribution in [1.29, 1.82) is 0 Å². The molecular formula is C42H65N3O9. The maximum Gasteiger partial charge on any atom is 0.182 e. The number of ketones is 1. The molecule has 2 heterocycles. The molecule has 0 radical (unpaired) electrons. The molecule has 7 aliphatic rings. The number of dihydropyridines is 1. The van der Waals surface area contributed by atoms with Crippen molar-refractivity contribution in [2.45, 2.75) is 134 Å². The molecule has 302 valence electrons. The standard InChI is InChI=1S/C42H65N3O9/c1-21-20-54-37(23(21)3)38(51)40(5,52)31-12-13-42(53)34-33-25(16-39(31,42)4)9-8-24(26-10-11-32(43)45-28(26)7-6-14-46)17-41(33)18-30(49)29(48)15-27(41)36(50)35(34)44-19-22(2)47/h8-11,21-25,27,29-33,37-38,44-49,51-53H,6-7,12-20,43H2,1-5H3. The van der Waals surface area contributed by atoms with Crippen molar-refractivity contribution in [3.05, 3.63) is 46.8 Å². The smallest absolute Gasteiger partial charge is 0.182 e. The molecule has 17 atom stereocenters. The molecule has 4 fully saturated rings.